The Bertz CT molecular complexity index is 672. The molecule has 1 heterocycles. The number of benzene rings is 1. The molecular weight excluding hydrogens is 264 g/mol. The van der Waals surface area contributed by atoms with Gasteiger partial charge < -0.3 is 10.0 Å². The molecule has 4 heteroatoms. The van der Waals surface area contributed by atoms with Crippen LogP contribution in [0.3, 0.4) is 0 Å². The molecule has 0 bridgehead atoms. The van der Waals surface area contributed by atoms with Crippen LogP contribution in [0, 0.1) is 11.8 Å². The summed E-state index contributed by atoms with van der Waals surface area (Å²) in [6.45, 7) is 0.275. The summed E-state index contributed by atoms with van der Waals surface area (Å²) in [4.78, 5) is 18.1. The van der Waals surface area contributed by atoms with Crippen molar-refractivity contribution < 1.29 is 9.90 Å². The van der Waals surface area contributed by atoms with Gasteiger partial charge in [0.25, 0.3) is 5.91 Å². The molecule has 0 aliphatic carbocycles. The highest BCUT2D eigenvalue weighted by molar-refractivity contribution is 5.96. The summed E-state index contributed by atoms with van der Waals surface area (Å²) in [5, 5.41) is 8.77. The number of aromatic nitrogens is 1. The number of hydrogen-bond donors (Lipinski definition) is 1. The van der Waals surface area contributed by atoms with E-state index in [-0.39, 0.29) is 12.5 Å². The first-order chi connectivity index (χ1) is 10.2. The second-order valence-corrected chi connectivity index (χ2v) is 4.53. The third-order valence-electron chi connectivity index (χ3n) is 2.96. The molecule has 0 atom stereocenters. The summed E-state index contributed by atoms with van der Waals surface area (Å²) in [6.07, 6.45) is 3.10. The fourth-order valence-electron chi connectivity index (χ4n) is 1.95. The lowest BCUT2D eigenvalue weighted by atomic mass is 10.1. The molecule has 0 aliphatic rings. The Labute approximate surface area is 124 Å². The minimum absolute atomic E-state index is 0.122. The molecule has 1 amide bonds. The molecule has 0 radical (unpaired) electrons. The van der Waals surface area contributed by atoms with Gasteiger partial charge in [0.1, 0.15) is 6.61 Å². The van der Waals surface area contributed by atoms with E-state index in [1.165, 1.54) is 6.20 Å². The van der Waals surface area contributed by atoms with E-state index in [4.69, 9.17) is 5.11 Å². The Morgan fingerprint density at radius 2 is 2.05 bits per heavy atom. The summed E-state index contributed by atoms with van der Waals surface area (Å²) in [7, 11) is 1.75. The van der Waals surface area contributed by atoms with Crippen molar-refractivity contribution in [2.45, 2.75) is 6.54 Å². The monoisotopic (exact) mass is 280 g/mol. The van der Waals surface area contributed by atoms with E-state index in [2.05, 4.69) is 16.8 Å². The van der Waals surface area contributed by atoms with Crippen molar-refractivity contribution in [1.29, 1.82) is 0 Å². The van der Waals surface area contributed by atoms with Crippen LogP contribution in [0.1, 0.15) is 21.5 Å². The highest BCUT2D eigenvalue weighted by Gasteiger charge is 2.15. The lowest BCUT2D eigenvalue weighted by Crippen LogP contribution is -2.27. The normalized spacial score (nSPS) is 9.62. The third-order valence-corrected chi connectivity index (χ3v) is 2.96. The minimum Gasteiger partial charge on any atom is -0.384 e. The number of aliphatic hydroxyl groups excluding tert-OH is 1. The highest BCUT2D eigenvalue weighted by atomic mass is 16.2. The average molecular weight is 280 g/mol. The van der Waals surface area contributed by atoms with E-state index in [9.17, 15) is 4.79 Å². The average Bonchev–Trinajstić information content (AvgIpc) is 2.53. The zero-order valence-corrected chi connectivity index (χ0v) is 11.8. The fraction of sp³-hybridized carbons (Fsp3) is 0.176. The molecule has 2 rings (SSSR count). The van der Waals surface area contributed by atoms with Crippen molar-refractivity contribution in [2.24, 2.45) is 0 Å². The van der Waals surface area contributed by atoms with E-state index in [0.29, 0.717) is 17.7 Å². The molecule has 0 unspecified atom stereocenters. The topological polar surface area (TPSA) is 53.4 Å². The first-order valence-electron chi connectivity index (χ1n) is 6.55. The molecule has 2 aromatic rings. The third kappa shape index (κ3) is 3.91. The fourth-order valence-corrected chi connectivity index (χ4v) is 1.95. The molecule has 0 saturated heterocycles. The summed E-state index contributed by atoms with van der Waals surface area (Å²) >= 11 is 0. The number of rotatable bonds is 3. The maximum atomic E-state index is 12.5. The van der Waals surface area contributed by atoms with Gasteiger partial charge in [0.05, 0.1) is 11.1 Å². The van der Waals surface area contributed by atoms with Gasteiger partial charge in [-0.25, -0.2) is 0 Å². The molecule has 21 heavy (non-hydrogen) atoms. The molecule has 0 aliphatic heterocycles. The zero-order chi connectivity index (χ0) is 15.1. The molecular formula is C17H16N2O2. The zero-order valence-electron chi connectivity index (χ0n) is 11.8. The standard InChI is InChI=1S/C17H16N2O2/c1-19(13-14-6-3-2-4-7-14)17(21)16-9-10-18-12-15(16)8-5-11-20/h2-4,6-7,9-10,12,20H,11,13H2,1H3. The molecule has 106 valence electrons. The summed E-state index contributed by atoms with van der Waals surface area (Å²) in [5.41, 5.74) is 2.08. The van der Waals surface area contributed by atoms with Gasteiger partial charge in [-0.1, -0.05) is 42.2 Å². The van der Waals surface area contributed by atoms with Gasteiger partial charge in [-0.2, -0.15) is 0 Å². The Kier molecular flexibility index (Phi) is 5.08. The number of carbonyl (C=O) groups is 1. The van der Waals surface area contributed by atoms with Gasteiger partial charge in [-0.15, -0.1) is 0 Å². The smallest absolute Gasteiger partial charge is 0.255 e. The Balaban J connectivity index is 2.20. The van der Waals surface area contributed by atoms with Crippen LogP contribution in [0.2, 0.25) is 0 Å². The molecule has 1 N–H and O–H groups in total. The van der Waals surface area contributed by atoms with Crippen LogP contribution in [0.25, 0.3) is 0 Å². The molecule has 0 saturated carbocycles. The summed E-state index contributed by atoms with van der Waals surface area (Å²) in [6, 6.07) is 11.4. The van der Waals surface area contributed by atoms with Crippen LogP contribution < -0.4 is 0 Å². The number of carbonyl (C=O) groups excluding carboxylic acids is 1. The number of hydrogen-bond acceptors (Lipinski definition) is 3. The van der Waals surface area contributed by atoms with Crippen LogP contribution in [-0.4, -0.2) is 34.6 Å². The Morgan fingerprint density at radius 1 is 1.29 bits per heavy atom. The first-order valence-corrected chi connectivity index (χ1v) is 6.55. The van der Waals surface area contributed by atoms with E-state index in [0.717, 1.165) is 5.56 Å². The van der Waals surface area contributed by atoms with Gasteiger partial charge in [-0.3, -0.25) is 9.78 Å². The second-order valence-electron chi connectivity index (χ2n) is 4.53. The van der Waals surface area contributed by atoms with Crippen molar-refractivity contribution in [1.82, 2.24) is 9.88 Å². The van der Waals surface area contributed by atoms with Crippen molar-refractivity contribution in [3.05, 3.63) is 65.5 Å². The Hall–Kier alpha value is -2.64. The lowest BCUT2D eigenvalue weighted by molar-refractivity contribution is 0.0784. The number of amides is 1. The van der Waals surface area contributed by atoms with Crippen LogP contribution in [-0.2, 0) is 6.54 Å². The van der Waals surface area contributed by atoms with Crippen molar-refractivity contribution in [3.8, 4) is 11.8 Å². The molecule has 1 aromatic carbocycles. The molecule has 4 nitrogen and oxygen atoms in total. The maximum absolute atomic E-state index is 12.5. The minimum atomic E-state index is -0.248. The maximum Gasteiger partial charge on any atom is 0.255 e. The van der Waals surface area contributed by atoms with E-state index in [1.807, 2.05) is 30.3 Å². The Morgan fingerprint density at radius 3 is 2.76 bits per heavy atom. The number of pyridine rings is 1. The number of aliphatic hydroxyl groups is 1. The largest absolute Gasteiger partial charge is 0.384 e. The van der Waals surface area contributed by atoms with Gasteiger partial charge in [0, 0.05) is 26.0 Å². The second kappa shape index (κ2) is 7.22. The van der Waals surface area contributed by atoms with Crippen molar-refractivity contribution >= 4 is 5.91 Å². The van der Waals surface area contributed by atoms with Gasteiger partial charge in [0.15, 0.2) is 0 Å². The first kappa shape index (κ1) is 14.8. The van der Waals surface area contributed by atoms with E-state index < -0.39 is 0 Å². The van der Waals surface area contributed by atoms with Crippen molar-refractivity contribution in [2.75, 3.05) is 13.7 Å². The summed E-state index contributed by atoms with van der Waals surface area (Å²) < 4.78 is 0. The predicted molar refractivity (Wildman–Crippen MR) is 80.4 cm³/mol. The van der Waals surface area contributed by atoms with Crippen LogP contribution in [0.4, 0.5) is 0 Å². The SMILES string of the molecule is CN(Cc1ccccc1)C(=O)c1ccncc1C#CCO. The quantitative estimate of drug-likeness (QED) is 0.871. The predicted octanol–water partition coefficient (Wildman–Crippen LogP) is 1.70. The molecule has 1 aromatic heterocycles. The van der Waals surface area contributed by atoms with Crippen LogP contribution in [0.15, 0.2) is 48.8 Å². The van der Waals surface area contributed by atoms with E-state index in [1.54, 1.807) is 24.2 Å². The lowest BCUT2D eigenvalue weighted by Gasteiger charge is -2.18. The number of nitrogens with zero attached hydrogens (tertiary/aromatic N) is 2. The van der Waals surface area contributed by atoms with Crippen molar-refractivity contribution in [3.63, 3.8) is 0 Å². The molecule has 0 spiro atoms. The van der Waals surface area contributed by atoms with E-state index >= 15 is 0 Å². The van der Waals surface area contributed by atoms with Gasteiger partial charge >= 0.3 is 0 Å². The van der Waals surface area contributed by atoms with Crippen LogP contribution in [0.5, 0.6) is 0 Å². The molecule has 0 fully saturated rings. The van der Waals surface area contributed by atoms with Gasteiger partial charge in [0.2, 0.25) is 0 Å². The van der Waals surface area contributed by atoms with Gasteiger partial charge in [-0.05, 0) is 11.6 Å². The van der Waals surface area contributed by atoms with Crippen LogP contribution >= 0.6 is 0 Å². The highest BCUT2D eigenvalue weighted by Crippen LogP contribution is 2.11. The summed E-state index contributed by atoms with van der Waals surface area (Å²) in [5.74, 6) is 5.17.